The van der Waals surface area contributed by atoms with Crippen molar-refractivity contribution in [1.82, 2.24) is 4.90 Å². The molecule has 1 aliphatic rings. The summed E-state index contributed by atoms with van der Waals surface area (Å²) in [7, 11) is -7.10. The summed E-state index contributed by atoms with van der Waals surface area (Å²) in [5.41, 5.74) is 0. The molecular weight excluding hydrogens is 390 g/mol. The van der Waals surface area contributed by atoms with Crippen LogP contribution < -0.4 is 0 Å². The molecule has 0 aromatic heterocycles. The second-order valence-electron chi connectivity index (χ2n) is 6.00. The Morgan fingerprint density at radius 1 is 1.28 bits per heavy atom. The van der Waals surface area contributed by atoms with Crippen LogP contribution in [0, 0.1) is 0 Å². The number of ether oxygens (including phenoxy) is 7. The first-order valence-electron chi connectivity index (χ1n) is 14.2. The molecule has 1 aliphatic heterocycles. The molecule has 1 N–H and O–H groups in total. The minimum absolute atomic E-state index is 0.0139. The Kier molecular flexibility index (Phi) is 5.06. The standard InChI is InChI=1S/C18H33NO10/c1-19(13(21)9-20)14-11(24-3)8-18(28-7,17(22)27-6)29-16(14)15(26-5)12(25-4)10-23-2/h11-12,14-16,20H,8-10H2,1-7H3/t11-,12+,14+,15+,16+,18+/m0/s1/i1D3,3D3,4D3,5D3. The normalized spacial score (nSPS) is 37.0. The molecule has 1 amide bonds. The van der Waals surface area contributed by atoms with Crippen molar-refractivity contribution >= 4 is 11.9 Å². The van der Waals surface area contributed by atoms with E-state index in [9.17, 15) is 14.7 Å². The van der Waals surface area contributed by atoms with Crippen LogP contribution in [0.4, 0.5) is 0 Å². The van der Waals surface area contributed by atoms with Crippen molar-refractivity contribution in [2.24, 2.45) is 0 Å². The van der Waals surface area contributed by atoms with Crippen LogP contribution in [0.1, 0.15) is 22.9 Å². The lowest BCUT2D eigenvalue weighted by Gasteiger charge is -2.50. The highest BCUT2D eigenvalue weighted by Crippen LogP contribution is 2.37. The Bertz CT molecular complexity index is 880. The zero-order valence-electron chi connectivity index (χ0n) is 28.1. The molecule has 170 valence electrons. The highest BCUT2D eigenvalue weighted by molar-refractivity contribution is 5.79. The van der Waals surface area contributed by atoms with Gasteiger partial charge in [-0.15, -0.1) is 0 Å². The molecule has 1 rings (SSSR count). The molecule has 6 atom stereocenters. The van der Waals surface area contributed by atoms with Crippen LogP contribution in [0.3, 0.4) is 0 Å². The molecule has 11 heteroatoms. The fourth-order valence-electron chi connectivity index (χ4n) is 3.08. The van der Waals surface area contributed by atoms with Crippen molar-refractivity contribution in [1.29, 1.82) is 0 Å². The lowest BCUT2D eigenvalue weighted by molar-refractivity contribution is -0.316. The molecule has 0 aromatic carbocycles. The quantitative estimate of drug-likeness (QED) is 0.396. The summed E-state index contributed by atoms with van der Waals surface area (Å²) in [5.74, 6) is -5.50. The molecule has 0 spiro atoms. The zero-order chi connectivity index (χ0) is 32.2. The van der Waals surface area contributed by atoms with Gasteiger partial charge < -0.3 is 43.2 Å². The van der Waals surface area contributed by atoms with E-state index < -0.39 is 95.8 Å². The van der Waals surface area contributed by atoms with E-state index in [4.69, 9.17) is 49.6 Å². The van der Waals surface area contributed by atoms with E-state index in [-0.39, 0.29) is 4.90 Å². The lowest BCUT2D eigenvalue weighted by atomic mass is 9.87. The van der Waals surface area contributed by atoms with E-state index in [1.807, 2.05) is 0 Å². The second kappa shape index (κ2) is 11.7. The first kappa shape index (κ1) is 12.5. The highest BCUT2D eigenvalue weighted by Gasteiger charge is 2.58. The van der Waals surface area contributed by atoms with E-state index in [0.717, 1.165) is 21.3 Å². The molecule has 0 saturated carbocycles. The smallest absolute Gasteiger partial charge is 0.366 e. The van der Waals surface area contributed by atoms with Gasteiger partial charge in [0.15, 0.2) is 0 Å². The molecule has 0 aliphatic carbocycles. The van der Waals surface area contributed by atoms with Crippen molar-refractivity contribution in [3.8, 4) is 0 Å². The summed E-state index contributed by atoms with van der Waals surface area (Å²) in [4.78, 5) is 25.7. The fourth-order valence-corrected chi connectivity index (χ4v) is 3.08. The van der Waals surface area contributed by atoms with Crippen molar-refractivity contribution in [3.63, 3.8) is 0 Å². The molecule has 0 radical (unpaired) electrons. The van der Waals surface area contributed by atoms with Gasteiger partial charge in [0, 0.05) is 52.8 Å². The van der Waals surface area contributed by atoms with E-state index in [1.165, 1.54) is 0 Å². The molecule has 29 heavy (non-hydrogen) atoms. The van der Waals surface area contributed by atoms with Gasteiger partial charge in [-0.1, -0.05) is 0 Å². The minimum Gasteiger partial charge on any atom is -0.465 e. The number of hydrogen-bond acceptors (Lipinski definition) is 10. The maximum absolute atomic E-state index is 12.9. The number of rotatable bonds is 11. The summed E-state index contributed by atoms with van der Waals surface area (Å²) in [6.45, 7) is -5.66. The third-order valence-electron chi connectivity index (χ3n) is 4.50. The zero-order valence-corrected chi connectivity index (χ0v) is 16.1. The van der Waals surface area contributed by atoms with Crippen LogP contribution in [0.5, 0.6) is 0 Å². The Hall–Kier alpha value is -1.34. The molecular formula is C18H33NO10. The number of aliphatic hydroxyl groups is 1. The van der Waals surface area contributed by atoms with Gasteiger partial charge in [-0.25, -0.2) is 4.79 Å². The average Bonchev–Trinajstić information content (AvgIpc) is 2.79. The second-order valence-corrected chi connectivity index (χ2v) is 6.00. The summed E-state index contributed by atoms with van der Waals surface area (Å²) in [6.07, 6.45) is -9.51. The van der Waals surface area contributed by atoms with Crippen molar-refractivity contribution in [2.45, 2.75) is 42.7 Å². The number of amides is 1. The lowest BCUT2D eigenvalue weighted by Crippen LogP contribution is -2.69. The van der Waals surface area contributed by atoms with E-state index in [1.54, 1.807) is 0 Å². The van der Waals surface area contributed by atoms with Crippen molar-refractivity contribution < 1.29 is 64.3 Å². The fraction of sp³-hybridized carbons (Fsp3) is 0.889. The van der Waals surface area contributed by atoms with Gasteiger partial charge in [0.1, 0.15) is 24.9 Å². The molecule has 1 saturated heterocycles. The average molecular weight is 436 g/mol. The van der Waals surface area contributed by atoms with Crippen LogP contribution in [-0.4, -0.2) is 121 Å². The number of carbonyl (C=O) groups is 2. The monoisotopic (exact) mass is 435 g/mol. The van der Waals surface area contributed by atoms with Gasteiger partial charge in [0.25, 0.3) is 5.79 Å². The highest BCUT2D eigenvalue weighted by atomic mass is 16.7. The van der Waals surface area contributed by atoms with E-state index >= 15 is 0 Å². The summed E-state index contributed by atoms with van der Waals surface area (Å²) < 4.78 is 128. The van der Waals surface area contributed by atoms with E-state index in [2.05, 4.69) is 0 Å². The number of esters is 1. The van der Waals surface area contributed by atoms with Crippen LogP contribution in [0.15, 0.2) is 0 Å². The van der Waals surface area contributed by atoms with Gasteiger partial charge in [-0.3, -0.25) is 4.79 Å². The minimum atomic E-state index is -3.48. The predicted octanol–water partition coefficient (Wildman–Crippen LogP) is -1.20. The molecule has 0 bridgehead atoms. The van der Waals surface area contributed by atoms with Gasteiger partial charge in [-0.05, 0) is 0 Å². The largest absolute Gasteiger partial charge is 0.465 e. The third-order valence-corrected chi connectivity index (χ3v) is 4.50. The van der Waals surface area contributed by atoms with Gasteiger partial charge >= 0.3 is 5.97 Å². The Labute approximate surface area is 187 Å². The Morgan fingerprint density at radius 3 is 2.55 bits per heavy atom. The van der Waals surface area contributed by atoms with Gasteiger partial charge in [0.2, 0.25) is 5.91 Å². The number of hydrogen-bond donors (Lipinski definition) is 1. The molecule has 0 unspecified atom stereocenters. The number of aliphatic hydroxyl groups excluding tert-OH is 1. The molecule has 0 aromatic rings. The maximum Gasteiger partial charge on any atom is 0.366 e. The Balaban J connectivity index is 4.17. The summed E-state index contributed by atoms with van der Waals surface area (Å²) in [6, 6.07) is -2.21. The number of carbonyl (C=O) groups excluding carboxylic acids is 2. The van der Waals surface area contributed by atoms with Gasteiger partial charge in [-0.2, -0.15) is 0 Å². The SMILES string of the molecule is [2H]C([2H])([2H])O[C@@H]([C@@H]1O[C@@](OC)(C(=O)OC)C[C@H](OC([2H])([2H])[2H])[C@H]1N(C(=O)CO)C([2H])([2H])[2H])[C@@H](COC)OC([2H])([2H])[2H]. The first-order chi connectivity index (χ1) is 18.4. The maximum atomic E-state index is 12.9. The summed E-state index contributed by atoms with van der Waals surface area (Å²) in [5, 5.41) is 9.58. The van der Waals surface area contributed by atoms with Gasteiger partial charge in [0.05, 0.1) is 38.2 Å². The Morgan fingerprint density at radius 2 is 2.03 bits per heavy atom. The van der Waals surface area contributed by atoms with E-state index in [0.29, 0.717) is 0 Å². The topological polar surface area (TPSA) is 122 Å². The molecule has 11 nitrogen and oxygen atoms in total. The predicted molar refractivity (Wildman–Crippen MR) is 99.2 cm³/mol. The van der Waals surface area contributed by atoms with Crippen LogP contribution in [0.25, 0.3) is 0 Å². The summed E-state index contributed by atoms with van der Waals surface area (Å²) >= 11 is 0. The molecule has 1 fully saturated rings. The third kappa shape index (κ3) is 5.43. The molecule has 1 heterocycles. The van der Waals surface area contributed by atoms with Crippen molar-refractivity contribution in [2.75, 3.05) is 62.6 Å². The number of likely N-dealkylation sites (N-methyl/N-ethyl adjacent to an activating group) is 1. The first-order valence-corrected chi connectivity index (χ1v) is 8.22. The number of nitrogens with zero attached hydrogens (tertiary/aromatic N) is 1. The van der Waals surface area contributed by atoms with Crippen LogP contribution in [0.2, 0.25) is 0 Å². The van der Waals surface area contributed by atoms with Crippen LogP contribution >= 0.6 is 0 Å². The van der Waals surface area contributed by atoms with Crippen molar-refractivity contribution in [3.05, 3.63) is 0 Å². The number of methoxy groups -OCH3 is 6. The van der Waals surface area contributed by atoms with Crippen LogP contribution in [-0.2, 0) is 42.7 Å².